The lowest BCUT2D eigenvalue weighted by Crippen LogP contribution is -2.44. The minimum Gasteiger partial charge on any atom is -0.360 e. The van der Waals surface area contributed by atoms with Crippen molar-refractivity contribution in [3.8, 4) is 0 Å². The van der Waals surface area contributed by atoms with Gasteiger partial charge in [0.1, 0.15) is 0 Å². The molecule has 2 saturated carbocycles. The molecule has 0 aliphatic heterocycles. The number of rotatable bonds is 2. The Balaban J connectivity index is 1.69. The van der Waals surface area contributed by atoms with Gasteiger partial charge in [-0.15, -0.1) is 0 Å². The Morgan fingerprint density at radius 1 is 1.00 bits per heavy atom. The predicted octanol–water partition coefficient (Wildman–Crippen LogP) is 2.58. The minimum absolute atomic E-state index is 0.545. The molecule has 0 amide bonds. The van der Waals surface area contributed by atoms with Gasteiger partial charge in [-0.05, 0) is 56.2 Å². The lowest BCUT2D eigenvalue weighted by molar-refractivity contribution is 0.217. The van der Waals surface area contributed by atoms with E-state index in [0.717, 1.165) is 5.11 Å². The SMILES string of the molecule is CC1(C)CCC(NC(=S)NC2CC2)CC1. The molecular weight excluding hydrogens is 204 g/mol. The summed E-state index contributed by atoms with van der Waals surface area (Å²) in [6.07, 6.45) is 7.74. The Kier molecular flexibility index (Phi) is 3.19. The Labute approximate surface area is 98.2 Å². The average molecular weight is 226 g/mol. The van der Waals surface area contributed by atoms with Gasteiger partial charge < -0.3 is 10.6 Å². The fourth-order valence-electron chi connectivity index (χ4n) is 2.18. The third-order valence-electron chi connectivity index (χ3n) is 3.59. The van der Waals surface area contributed by atoms with Crippen LogP contribution in [-0.4, -0.2) is 17.2 Å². The molecule has 0 aromatic carbocycles. The van der Waals surface area contributed by atoms with Gasteiger partial charge in [-0.25, -0.2) is 0 Å². The molecular formula is C12H22N2S. The van der Waals surface area contributed by atoms with E-state index in [-0.39, 0.29) is 0 Å². The molecule has 2 N–H and O–H groups in total. The zero-order valence-electron chi connectivity index (χ0n) is 9.81. The Bertz CT molecular complexity index is 236. The quantitative estimate of drug-likeness (QED) is 0.708. The van der Waals surface area contributed by atoms with Crippen molar-refractivity contribution in [2.75, 3.05) is 0 Å². The van der Waals surface area contributed by atoms with E-state index in [1.165, 1.54) is 38.5 Å². The predicted molar refractivity (Wildman–Crippen MR) is 67.9 cm³/mol. The fourth-order valence-corrected chi connectivity index (χ4v) is 2.52. The van der Waals surface area contributed by atoms with Crippen molar-refractivity contribution in [3.05, 3.63) is 0 Å². The van der Waals surface area contributed by atoms with Gasteiger partial charge in [-0.1, -0.05) is 13.8 Å². The van der Waals surface area contributed by atoms with E-state index in [1.807, 2.05) is 0 Å². The molecule has 0 radical (unpaired) electrons. The molecule has 0 aromatic heterocycles. The molecule has 3 heteroatoms. The molecule has 2 nitrogen and oxygen atoms in total. The first-order chi connectivity index (χ1) is 7.05. The van der Waals surface area contributed by atoms with Crippen molar-refractivity contribution in [2.24, 2.45) is 5.41 Å². The van der Waals surface area contributed by atoms with Gasteiger partial charge in [-0.2, -0.15) is 0 Å². The molecule has 2 aliphatic rings. The van der Waals surface area contributed by atoms with E-state index in [2.05, 4.69) is 24.5 Å². The lowest BCUT2D eigenvalue weighted by Gasteiger charge is -2.35. The summed E-state index contributed by atoms with van der Waals surface area (Å²) in [7, 11) is 0. The Morgan fingerprint density at radius 2 is 1.47 bits per heavy atom. The molecule has 86 valence electrons. The van der Waals surface area contributed by atoms with Gasteiger partial charge in [0, 0.05) is 12.1 Å². The van der Waals surface area contributed by atoms with Crippen molar-refractivity contribution in [3.63, 3.8) is 0 Å². The average Bonchev–Trinajstić information content (AvgIpc) is 2.92. The van der Waals surface area contributed by atoms with Crippen LogP contribution in [0.2, 0.25) is 0 Å². The monoisotopic (exact) mass is 226 g/mol. The molecule has 0 bridgehead atoms. The number of hydrogen-bond acceptors (Lipinski definition) is 1. The zero-order valence-corrected chi connectivity index (χ0v) is 10.6. The molecule has 2 aliphatic carbocycles. The van der Waals surface area contributed by atoms with E-state index in [0.29, 0.717) is 17.5 Å². The summed E-state index contributed by atoms with van der Waals surface area (Å²) in [4.78, 5) is 0. The van der Waals surface area contributed by atoms with Gasteiger partial charge in [0.25, 0.3) is 0 Å². The minimum atomic E-state index is 0.545. The second-order valence-electron chi connectivity index (χ2n) is 5.83. The van der Waals surface area contributed by atoms with E-state index in [1.54, 1.807) is 0 Å². The first kappa shape index (κ1) is 11.2. The van der Waals surface area contributed by atoms with Gasteiger partial charge in [-0.3, -0.25) is 0 Å². The van der Waals surface area contributed by atoms with Crippen LogP contribution in [0.25, 0.3) is 0 Å². The highest BCUT2D eigenvalue weighted by atomic mass is 32.1. The van der Waals surface area contributed by atoms with Crippen LogP contribution in [0.4, 0.5) is 0 Å². The normalized spacial score (nSPS) is 26.0. The largest absolute Gasteiger partial charge is 0.360 e. The second-order valence-corrected chi connectivity index (χ2v) is 6.24. The van der Waals surface area contributed by atoms with Crippen LogP contribution in [0.15, 0.2) is 0 Å². The molecule has 2 rings (SSSR count). The van der Waals surface area contributed by atoms with E-state index < -0.39 is 0 Å². The maximum Gasteiger partial charge on any atom is 0.166 e. The first-order valence-corrected chi connectivity index (χ1v) is 6.53. The van der Waals surface area contributed by atoms with Crippen LogP contribution >= 0.6 is 12.2 Å². The lowest BCUT2D eigenvalue weighted by atomic mass is 9.76. The van der Waals surface area contributed by atoms with Crippen LogP contribution in [0.5, 0.6) is 0 Å². The highest BCUT2D eigenvalue weighted by Crippen LogP contribution is 2.34. The third kappa shape index (κ3) is 3.63. The van der Waals surface area contributed by atoms with Gasteiger partial charge in [0.15, 0.2) is 5.11 Å². The molecule has 0 heterocycles. The number of thiocarbonyl (C=S) groups is 1. The van der Waals surface area contributed by atoms with Gasteiger partial charge in [0.05, 0.1) is 0 Å². The maximum absolute atomic E-state index is 5.29. The molecule has 0 saturated heterocycles. The summed E-state index contributed by atoms with van der Waals surface area (Å²) in [5, 5.41) is 7.67. The van der Waals surface area contributed by atoms with Crippen LogP contribution in [0, 0.1) is 5.41 Å². The van der Waals surface area contributed by atoms with E-state index >= 15 is 0 Å². The van der Waals surface area contributed by atoms with Crippen LogP contribution in [-0.2, 0) is 0 Å². The molecule has 15 heavy (non-hydrogen) atoms. The molecule has 0 spiro atoms. The molecule has 0 atom stereocenters. The summed E-state index contributed by atoms with van der Waals surface area (Å²) in [5.74, 6) is 0. The summed E-state index contributed by atoms with van der Waals surface area (Å²) in [6, 6.07) is 1.28. The van der Waals surface area contributed by atoms with Crippen molar-refractivity contribution >= 4 is 17.3 Å². The summed E-state index contributed by atoms with van der Waals surface area (Å²) >= 11 is 5.29. The van der Waals surface area contributed by atoms with Crippen molar-refractivity contribution in [2.45, 2.75) is 64.5 Å². The van der Waals surface area contributed by atoms with Crippen LogP contribution in [0.1, 0.15) is 52.4 Å². The molecule has 0 unspecified atom stereocenters. The first-order valence-electron chi connectivity index (χ1n) is 6.12. The van der Waals surface area contributed by atoms with Gasteiger partial charge >= 0.3 is 0 Å². The van der Waals surface area contributed by atoms with E-state index in [9.17, 15) is 0 Å². The third-order valence-corrected chi connectivity index (χ3v) is 3.82. The van der Waals surface area contributed by atoms with Crippen LogP contribution in [0.3, 0.4) is 0 Å². The number of hydrogen-bond donors (Lipinski definition) is 2. The highest BCUT2D eigenvalue weighted by Gasteiger charge is 2.28. The van der Waals surface area contributed by atoms with Crippen molar-refractivity contribution in [1.29, 1.82) is 0 Å². The van der Waals surface area contributed by atoms with E-state index in [4.69, 9.17) is 12.2 Å². The second kappa shape index (κ2) is 4.28. The van der Waals surface area contributed by atoms with Crippen molar-refractivity contribution < 1.29 is 0 Å². The highest BCUT2D eigenvalue weighted by molar-refractivity contribution is 7.80. The number of nitrogens with one attached hydrogen (secondary N) is 2. The maximum atomic E-state index is 5.29. The fraction of sp³-hybridized carbons (Fsp3) is 0.917. The Morgan fingerprint density at radius 3 is 1.93 bits per heavy atom. The smallest absolute Gasteiger partial charge is 0.166 e. The van der Waals surface area contributed by atoms with Crippen LogP contribution < -0.4 is 10.6 Å². The summed E-state index contributed by atoms with van der Waals surface area (Å²) in [5.41, 5.74) is 0.545. The molecule has 0 aromatic rings. The standard InChI is InChI=1S/C12H22N2S/c1-12(2)7-5-10(6-8-12)14-11(15)13-9-3-4-9/h9-10H,3-8H2,1-2H3,(H2,13,14,15). The Hall–Kier alpha value is -0.310. The molecule has 2 fully saturated rings. The topological polar surface area (TPSA) is 24.1 Å². The summed E-state index contributed by atoms with van der Waals surface area (Å²) in [6.45, 7) is 4.73. The zero-order chi connectivity index (χ0) is 10.9. The summed E-state index contributed by atoms with van der Waals surface area (Å²) < 4.78 is 0. The van der Waals surface area contributed by atoms with Gasteiger partial charge in [0.2, 0.25) is 0 Å². The van der Waals surface area contributed by atoms with Crippen molar-refractivity contribution in [1.82, 2.24) is 10.6 Å².